The Kier molecular flexibility index (Phi) is 6.14. The van der Waals surface area contributed by atoms with Gasteiger partial charge in [0.05, 0.1) is 20.8 Å². The first kappa shape index (κ1) is 19.4. The van der Waals surface area contributed by atoms with E-state index in [-0.39, 0.29) is 23.3 Å². The summed E-state index contributed by atoms with van der Waals surface area (Å²) in [5.74, 6) is -1.44. The standard InChI is InChI=1S/C21H23F3O3/c1-25-15-7-9-18(17(22)11-15)27-12-13-3-5-14(6-4-13)16-8-10-19(26-2)21(24)20(16)23/h7-11,13-14H,3-6,12H2,1-2H3. The molecule has 0 saturated heterocycles. The molecule has 0 spiro atoms. The summed E-state index contributed by atoms with van der Waals surface area (Å²) in [6.07, 6.45) is 3.11. The van der Waals surface area contributed by atoms with Crippen LogP contribution in [0.15, 0.2) is 30.3 Å². The van der Waals surface area contributed by atoms with Crippen LogP contribution < -0.4 is 14.2 Å². The maximum atomic E-state index is 14.3. The Morgan fingerprint density at radius 2 is 1.56 bits per heavy atom. The fourth-order valence-corrected chi connectivity index (χ4v) is 3.59. The van der Waals surface area contributed by atoms with Gasteiger partial charge in [-0.2, -0.15) is 4.39 Å². The zero-order valence-electron chi connectivity index (χ0n) is 15.4. The average molecular weight is 380 g/mol. The van der Waals surface area contributed by atoms with Crippen molar-refractivity contribution in [1.29, 1.82) is 0 Å². The lowest BCUT2D eigenvalue weighted by Gasteiger charge is -2.29. The van der Waals surface area contributed by atoms with E-state index in [9.17, 15) is 13.2 Å². The quantitative estimate of drug-likeness (QED) is 0.665. The first-order valence-corrected chi connectivity index (χ1v) is 9.01. The molecule has 0 bridgehead atoms. The lowest BCUT2D eigenvalue weighted by Crippen LogP contribution is -2.20. The molecule has 146 valence electrons. The van der Waals surface area contributed by atoms with Gasteiger partial charge in [-0.05, 0) is 61.3 Å². The molecular formula is C21H23F3O3. The monoisotopic (exact) mass is 380 g/mol. The van der Waals surface area contributed by atoms with E-state index in [2.05, 4.69) is 0 Å². The number of benzene rings is 2. The third-order valence-electron chi connectivity index (χ3n) is 5.20. The van der Waals surface area contributed by atoms with Crippen molar-refractivity contribution in [2.45, 2.75) is 31.6 Å². The fourth-order valence-electron chi connectivity index (χ4n) is 3.59. The van der Waals surface area contributed by atoms with Gasteiger partial charge in [-0.15, -0.1) is 0 Å². The van der Waals surface area contributed by atoms with Gasteiger partial charge in [-0.25, -0.2) is 8.78 Å². The van der Waals surface area contributed by atoms with E-state index < -0.39 is 17.5 Å². The van der Waals surface area contributed by atoms with E-state index in [0.717, 1.165) is 25.7 Å². The highest BCUT2D eigenvalue weighted by Gasteiger charge is 2.27. The summed E-state index contributed by atoms with van der Waals surface area (Å²) in [4.78, 5) is 0. The number of rotatable bonds is 6. The Morgan fingerprint density at radius 3 is 2.19 bits per heavy atom. The minimum Gasteiger partial charge on any atom is -0.497 e. The van der Waals surface area contributed by atoms with Crippen LogP contribution in [0.4, 0.5) is 13.2 Å². The molecule has 0 heterocycles. The third-order valence-corrected chi connectivity index (χ3v) is 5.20. The molecule has 0 aliphatic heterocycles. The summed E-state index contributed by atoms with van der Waals surface area (Å²) in [5, 5.41) is 0. The molecule has 0 radical (unpaired) electrons. The average Bonchev–Trinajstić information content (AvgIpc) is 2.69. The van der Waals surface area contributed by atoms with Crippen LogP contribution in [0.25, 0.3) is 0 Å². The molecule has 0 aromatic heterocycles. The molecule has 2 aromatic carbocycles. The normalized spacial score (nSPS) is 19.6. The second-order valence-electron chi connectivity index (χ2n) is 6.81. The number of halogens is 3. The molecule has 0 amide bonds. The van der Waals surface area contributed by atoms with Crippen molar-refractivity contribution in [3.63, 3.8) is 0 Å². The highest BCUT2D eigenvalue weighted by molar-refractivity contribution is 5.34. The lowest BCUT2D eigenvalue weighted by molar-refractivity contribution is 0.193. The third kappa shape index (κ3) is 4.31. The number of hydrogen-bond acceptors (Lipinski definition) is 3. The molecule has 0 unspecified atom stereocenters. The predicted molar refractivity (Wildman–Crippen MR) is 96.1 cm³/mol. The minimum atomic E-state index is -0.935. The Morgan fingerprint density at radius 1 is 0.852 bits per heavy atom. The van der Waals surface area contributed by atoms with Crippen molar-refractivity contribution in [3.8, 4) is 17.2 Å². The van der Waals surface area contributed by atoms with Gasteiger partial charge in [0, 0.05) is 6.07 Å². The Bertz CT molecular complexity index is 786. The van der Waals surface area contributed by atoms with Gasteiger partial charge >= 0.3 is 0 Å². The molecule has 27 heavy (non-hydrogen) atoms. The summed E-state index contributed by atoms with van der Waals surface area (Å²) >= 11 is 0. The van der Waals surface area contributed by atoms with Gasteiger partial charge in [0.1, 0.15) is 5.75 Å². The number of hydrogen-bond donors (Lipinski definition) is 0. The van der Waals surface area contributed by atoms with Crippen molar-refractivity contribution < 1.29 is 27.4 Å². The van der Waals surface area contributed by atoms with E-state index in [1.807, 2.05) is 0 Å². The number of methoxy groups -OCH3 is 2. The van der Waals surface area contributed by atoms with Crippen molar-refractivity contribution in [2.75, 3.05) is 20.8 Å². The zero-order chi connectivity index (χ0) is 19.4. The minimum absolute atomic E-state index is 0.0284. The molecule has 3 nitrogen and oxygen atoms in total. The first-order valence-electron chi connectivity index (χ1n) is 9.01. The Hall–Kier alpha value is -2.37. The summed E-state index contributed by atoms with van der Waals surface area (Å²) in [6.45, 7) is 0.398. The van der Waals surface area contributed by atoms with E-state index in [4.69, 9.17) is 14.2 Å². The van der Waals surface area contributed by atoms with Crippen LogP contribution in [0, 0.1) is 23.4 Å². The number of ether oxygens (including phenoxy) is 3. The van der Waals surface area contributed by atoms with Crippen LogP contribution in [0.5, 0.6) is 17.2 Å². The Labute approximate surface area is 157 Å². The van der Waals surface area contributed by atoms with Crippen LogP contribution in [-0.2, 0) is 0 Å². The van der Waals surface area contributed by atoms with Crippen molar-refractivity contribution in [1.82, 2.24) is 0 Å². The van der Waals surface area contributed by atoms with Crippen LogP contribution in [0.3, 0.4) is 0 Å². The van der Waals surface area contributed by atoms with E-state index >= 15 is 0 Å². The van der Waals surface area contributed by atoms with Gasteiger partial charge in [0.25, 0.3) is 0 Å². The first-order chi connectivity index (χ1) is 13.0. The second kappa shape index (κ2) is 8.55. The van der Waals surface area contributed by atoms with Crippen LogP contribution in [0.1, 0.15) is 37.2 Å². The van der Waals surface area contributed by atoms with Crippen molar-refractivity contribution >= 4 is 0 Å². The van der Waals surface area contributed by atoms with E-state index in [1.165, 1.54) is 26.4 Å². The largest absolute Gasteiger partial charge is 0.497 e. The highest BCUT2D eigenvalue weighted by atomic mass is 19.2. The molecule has 2 aromatic rings. The lowest BCUT2D eigenvalue weighted by atomic mass is 9.79. The van der Waals surface area contributed by atoms with E-state index in [0.29, 0.717) is 17.9 Å². The molecule has 1 fully saturated rings. The maximum absolute atomic E-state index is 14.3. The van der Waals surface area contributed by atoms with Gasteiger partial charge in [-0.1, -0.05) is 6.07 Å². The van der Waals surface area contributed by atoms with Crippen LogP contribution in [0.2, 0.25) is 0 Å². The van der Waals surface area contributed by atoms with Crippen LogP contribution >= 0.6 is 0 Å². The molecule has 0 atom stereocenters. The fraction of sp³-hybridized carbons (Fsp3) is 0.429. The summed E-state index contributed by atoms with van der Waals surface area (Å²) < 4.78 is 57.5. The molecule has 1 aliphatic rings. The summed E-state index contributed by atoms with van der Waals surface area (Å²) in [6, 6.07) is 7.56. The van der Waals surface area contributed by atoms with Crippen molar-refractivity contribution in [2.24, 2.45) is 5.92 Å². The molecule has 0 N–H and O–H groups in total. The maximum Gasteiger partial charge on any atom is 0.200 e. The smallest absolute Gasteiger partial charge is 0.200 e. The highest BCUT2D eigenvalue weighted by Crippen LogP contribution is 2.39. The summed E-state index contributed by atoms with van der Waals surface area (Å²) in [5.41, 5.74) is 0.397. The Balaban J connectivity index is 1.56. The molecular weight excluding hydrogens is 357 g/mol. The van der Waals surface area contributed by atoms with Gasteiger partial charge < -0.3 is 14.2 Å². The van der Waals surface area contributed by atoms with Gasteiger partial charge in [0.15, 0.2) is 23.1 Å². The molecule has 1 aliphatic carbocycles. The second-order valence-corrected chi connectivity index (χ2v) is 6.81. The predicted octanol–water partition coefficient (Wildman–Crippen LogP) is 5.47. The van der Waals surface area contributed by atoms with Gasteiger partial charge in [0.2, 0.25) is 5.82 Å². The SMILES string of the molecule is COc1ccc(OCC2CCC(c3ccc(OC)c(F)c3F)CC2)c(F)c1. The zero-order valence-corrected chi connectivity index (χ0v) is 15.4. The topological polar surface area (TPSA) is 27.7 Å². The van der Waals surface area contributed by atoms with Crippen molar-refractivity contribution in [3.05, 3.63) is 53.3 Å². The van der Waals surface area contributed by atoms with Crippen LogP contribution in [-0.4, -0.2) is 20.8 Å². The summed E-state index contributed by atoms with van der Waals surface area (Å²) in [7, 11) is 2.79. The van der Waals surface area contributed by atoms with Gasteiger partial charge in [-0.3, -0.25) is 0 Å². The molecule has 6 heteroatoms. The molecule has 3 rings (SSSR count). The van der Waals surface area contributed by atoms with E-state index in [1.54, 1.807) is 18.2 Å². The molecule has 1 saturated carbocycles.